The summed E-state index contributed by atoms with van der Waals surface area (Å²) in [6.45, 7) is 3.73. The minimum atomic E-state index is -4.49. The lowest BCUT2D eigenvalue weighted by molar-refractivity contribution is -0.138. The molecule has 0 amide bonds. The monoisotopic (exact) mass is 297 g/mol. The molecule has 21 heavy (non-hydrogen) atoms. The molecule has 2 rings (SSSR count). The molecule has 0 fully saturated rings. The van der Waals surface area contributed by atoms with E-state index in [1.165, 1.54) is 0 Å². The first-order chi connectivity index (χ1) is 9.77. The fourth-order valence-corrected chi connectivity index (χ4v) is 1.81. The molecule has 0 aliphatic rings. The van der Waals surface area contributed by atoms with Crippen LogP contribution in [0.5, 0.6) is 5.75 Å². The molecule has 0 N–H and O–H groups in total. The van der Waals surface area contributed by atoms with Crippen molar-refractivity contribution in [3.8, 4) is 11.4 Å². The molecule has 0 bridgehead atoms. The average Bonchev–Trinajstić information content (AvgIpc) is 2.38. The van der Waals surface area contributed by atoms with E-state index in [0.29, 0.717) is 11.4 Å². The number of alkyl halides is 3. The summed E-state index contributed by atoms with van der Waals surface area (Å²) >= 11 is 0. The van der Waals surface area contributed by atoms with Gasteiger partial charge in [-0.3, -0.25) is 9.36 Å². The third-order valence-electron chi connectivity index (χ3n) is 2.73. The van der Waals surface area contributed by atoms with E-state index in [2.05, 4.69) is 0 Å². The summed E-state index contributed by atoms with van der Waals surface area (Å²) in [5.74, 6) is 0.591. The number of aromatic nitrogens is 1. The van der Waals surface area contributed by atoms with Gasteiger partial charge in [0.15, 0.2) is 0 Å². The van der Waals surface area contributed by atoms with Gasteiger partial charge in [0.1, 0.15) is 5.75 Å². The van der Waals surface area contributed by atoms with Crippen LogP contribution in [0.1, 0.15) is 19.4 Å². The molecule has 0 saturated heterocycles. The summed E-state index contributed by atoms with van der Waals surface area (Å²) in [4.78, 5) is 11.7. The fraction of sp³-hybridized carbons (Fsp3) is 0.267. The minimum absolute atomic E-state index is 0.00729. The molecule has 0 atom stereocenters. The average molecular weight is 297 g/mol. The first kappa shape index (κ1) is 15.2. The largest absolute Gasteiger partial charge is 0.491 e. The molecule has 0 saturated carbocycles. The van der Waals surface area contributed by atoms with Gasteiger partial charge in [-0.25, -0.2) is 0 Å². The van der Waals surface area contributed by atoms with Crippen LogP contribution in [0, 0.1) is 0 Å². The Kier molecular flexibility index (Phi) is 4.06. The maximum absolute atomic E-state index is 12.7. The Balaban J connectivity index is 2.40. The van der Waals surface area contributed by atoms with Gasteiger partial charge in [0, 0.05) is 18.0 Å². The Morgan fingerprint density at radius 2 is 1.67 bits per heavy atom. The number of hydrogen-bond donors (Lipinski definition) is 0. The third-order valence-corrected chi connectivity index (χ3v) is 2.73. The second kappa shape index (κ2) is 5.63. The zero-order valence-corrected chi connectivity index (χ0v) is 11.5. The predicted octanol–water partition coefficient (Wildman–Crippen LogP) is 3.64. The second-order valence-corrected chi connectivity index (χ2v) is 4.78. The fourth-order valence-electron chi connectivity index (χ4n) is 1.81. The topological polar surface area (TPSA) is 31.2 Å². The molecule has 1 aromatic heterocycles. The first-order valence-corrected chi connectivity index (χ1v) is 6.34. The number of hydrogen-bond acceptors (Lipinski definition) is 2. The van der Waals surface area contributed by atoms with Crippen LogP contribution in [0.25, 0.3) is 5.69 Å². The molecule has 112 valence electrons. The molecular formula is C15H14F3NO2. The Hall–Kier alpha value is -2.24. The molecule has 0 unspecified atom stereocenters. The lowest BCUT2D eigenvalue weighted by atomic mass is 10.2. The van der Waals surface area contributed by atoms with Crippen molar-refractivity contribution < 1.29 is 17.9 Å². The number of halogens is 3. The molecular weight excluding hydrogens is 283 g/mol. The zero-order chi connectivity index (χ0) is 15.6. The van der Waals surface area contributed by atoms with E-state index in [4.69, 9.17) is 4.74 Å². The van der Waals surface area contributed by atoms with Crippen molar-refractivity contribution in [1.29, 1.82) is 0 Å². The summed E-state index contributed by atoms with van der Waals surface area (Å²) in [6, 6.07) is 7.99. The van der Waals surface area contributed by atoms with Gasteiger partial charge < -0.3 is 4.74 Å². The Labute approximate surface area is 119 Å². The van der Waals surface area contributed by atoms with Crippen LogP contribution in [0.2, 0.25) is 0 Å². The van der Waals surface area contributed by atoms with E-state index in [9.17, 15) is 18.0 Å². The standard InChI is InChI=1S/C15H14F3NO2/c1-10(2)21-13-6-4-12(5-7-13)19-9-11(15(16,17)18)3-8-14(19)20/h3-10H,1-2H3. The summed E-state index contributed by atoms with van der Waals surface area (Å²) in [6.07, 6.45) is -3.70. The van der Waals surface area contributed by atoms with Crippen LogP contribution < -0.4 is 10.3 Å². The highest BCUT2D eigenvalue weighted by molar-refractivity contribution is 5.38. The van der Waals surface area contributed by atoms with Gasteiger partial charge in [-0.1, -0.05) is 0 Å². The van der Waals surface area contributed by atoms with Crippen molar-refractivity contribution in [3.05, 3.63) is 58.5 Å². The highest BCUT2D eigenvalue weighted by Crippen LogP contribution is 2.28. The van der Waals surface area contributed by atoms with Crippen LogP contribution >= 0.6 is 0 Å². The highest BCUT2D eigenvalue weighted by Gasteiger charge is 2.31. The van der Waals surface area contributed by atoms with E-state index in [-0.39, 0.29) is 6.10 Å². The molecule has 1 heterocycles. The molecule has 0 spiro atoms. The van der Waals surface area contributed by atoms with E-state index < -0.39 is 17.3 Å². The smallest absolute Gasteiger partial charge is 0.417 e. The number of nitrogens with zero attached hydrogens (tertiary/aromatic N) is 1. The van der Waals surface area contributed by atoms with Crippen LogP contribution in [0.15, 0.2) is 47.4 Å². The lowest BCUT2D eigenvalue weighted by Gasteiger charge is -2.12. The maximum Gasteiger partial charge on any atom is 0.417 e. The third kappa shape index (κ3) is 3.65. The number of benzene rings is 1. The van der Waals surface area contributed by atoms with Gasteiger partial charge in [0.25, 0.3) is 5.56 Å². The summed E-state index contributed by atoms with van der Waals surface area (Å²) < 4.78 is 44.5. The van der Waals surface area contributed by atoms with Crippen molar-refractivity contribution in [3.63, 3.8) is 0 Å². The van der Waals surface area contributed by atoms with Gasteiger partial charge in [-0.2, -0.15) is 13.2 Å². The maximum atomic E-state index is 12.7. The number of ether oxygens (including phenoxy) is 1. The molecule has 0 radical (unpaired) electrons. The Bertz CT molecular complexity index is 673. The molecule has 1 aromatic carbocycles. The molecule has 6 heteroatoms. The van der Waals surface area contributed by atoms with E-state index in [0.717, 1.165) is 22.9 Å². The van der Waals surface area contributed by atoms with Crippen LogP contribution in [-0.4, -0.2) is 10.7 Å². The van der Waals surface area contributed by atoms with E-state index in [1.54, 1.807) is 24.3 Å². The van der Waals surface area contributed by atoms with Crippen molar-refractivity contribution >= 4 is 0 Å². The normalized spacial score (nSPS) is 11.7. The van der Waals surface area contributed by atoms with Gasteiger partial charge in [0.2, 0.25) is 0 Å². The van der Waals surface area contributed by atoms with Gasteiger partial charge in [0.05, 0.1) is 11.7 Å². The van der Waals surface area contributed by atoms with Crippen molar-refractivity contribution in [2.75, 3.05) is 0 Å². The lowest BCUT2D eigenvalue weighted by Crippen LogP contribution is -2.19. The molecule has 0 aliphatic carbocycles. The number of pyridine rings is 1. The predicted molar refractivity (Wildman–Crippen MR) is 72.8 cm³/mol. The summed E-state index contributed by atoms with van der Waals surface area (Å²) in [5.41, 5.74) is -1.05. The molecule has 0 aliphatic heterocycles. The SMILES string of the molecule is CC(C)Oc1ccc(-n2cc(C(F)(F)F)ccc2=O)cc1. The Morgan fingerprint density at radius 3 is 2.19 bits per heavy atom. The van der Waals surface area contributed by atoms with Crippen LogP contribution in [-0.2, 0) is 6.18 Å². The van der Waals surface area contributed by atoms with Crippen molar-refractivity contribution in [1.82, 2.24) is 4.57 Å². The Morgan fingerprint density at radius 1 is 1.05 bits per heavy atom. The van der Waals surface area contributed by atoms with Crippen molar-refractivity contribution in [2.45, 2.75) is 26.1 Å². The number of rotatable bonds is 3. The van der Waals surface area contributed by atoms with Gasteiger partial charge >= 0.3 is 6.18 Å². The van der Waals surface area contributed by atoms with E-state index >= 15 is 0 Å². The van der Waals surface area contributed by atoms with E-state index in [1.807, 2.05) is 13.8 Å². The van der Waals surface area contributed by atoms with Gasteiger partial charge in [-0.05, 0) is 44.2 Å². The van der Waals surface area contributed by atoms with Crippen LogP contribution in [0.3, 0.4) is 0 Å². The summed E-state index contributed by atoms with van der Waals surface area (Å²) in [7, 11) is 0. The molecule has 3 nitrogen and oxygen atoms in total. The summed E-state index contributed by atoms with van der Waals surface area (Å²) in [5, 5.41) is 0. The van der Waals surface area contributed by atoms with Gasteiger partial charge in [-0.15, -0.1) is 0 Å². The molecule has 2 aromatic rings. The first-order valence-electron chi connectivity index (χ1n) is 6.34. The minimum Gasteiger partial charge on any atom is -0.491 e. The van der Waals surface area contributed by atoms with Crippen molar-refractivity contribution in [2.24, 2.45) is 0 Å². The second-order valence-electron chi connectivity index (χ2n) is 4.78. The quantitative estimate of drug-likeness (QED) is 0.866. The zero-order valence-electron chi connectivity index (χ0n) is 11.5. The van der Waals surface area contributed by atoms with Crippen LogP contribution in [0.4, 0.5) is 13.2 Å². The highest BCUT2D eigenvalue weighted by atomic mass is 19.4.